The van der Waals surface area contributed by atoms with Gasteiger partial charge in [-0.25, -0.2) is 0 Å². The SMILES string of the molecule is [Y].[c-]1cccc(CCc2cccc(Nc3c[c-]ccn3)c2)c1. The van der Waals surface area contributed by atoms with Crippen LogP contribution in [0.25, 0.3) is 0 Å². The normalized spacial score (nSPS) is 9.82. The standard InChI is InChI=1S/C19H16N2.Y/c1-2-7-16(8-3-1)12-13-17-9-6-10-18(15-17)21-19-11-4-5-14-20-19;/h1-2,5-11,14-15H,12-13H2,(H,20,21);/q-2;. The second kappa shape index (κ2) is 8.82. The van der Waals surface area contributed by atoms with E-state index < -0.39 is 0 Å². The second-order valence-electron chi connectivity index (χ2n) is 4.88. The number of hydrogen-bond donors (Lipinski definition) is 1. The van der Waals surface area contributed by atoms with E-state index in [-0.39, 0.29) is 32.7 Å². The maximum Gasteiger partial charge on any atom is 0.0288 e. The maximum atomic E-state index is 4.25. The molecule has 2 aromatic carbocycles. The summed E-state index contributed by atoms with van der Waals surface area (Å²) in [4.78, 5) is 4.25. The third kappa shape index (κ3) is 5.05. The van der Waals surface area contributed by atoms with Crippen LogP contribution in [0.15, 0.2) is 66.9 Å². The van der Waals surface area contributed by atoms with Crippen molar-refractivity contribution in [1.82, 2.24) is 4.98 Å². The minimum absolute atomic E-state index is 0. The van der Waals surface area contributed by atoms with E-state index in [9.17, 15) is 0 Å². The molecule has 0 spiro atoms. The van der Waals surface area contributed by atoms with Crippen LogP contribution < -0.4 is 5.32 Å². The molecule has 3 rings (SSSR count). The van der Waals surface area contributed by atoms with Gasteiger partial charge in [0, 0.05) is 44.2 Å². The fourth-order valence-electron chi connectivity index (χ4n) is 2.22. The third-order valence-electron chi connectivity index (χ3n) is 3.28. The minimum atomic E-state index is 0. The van der Waals surface area contributed by atoms with Crippen LogP contribution in [0.3, 0.4) is 0 Å². The third-order valence-corrected chi connectivity index (χ3v) is 3.28. The Morgan fingerprint density at radius 2 is 1.73 bits per heavy atom. The monoisotopic (exact) mass is 361 g/mol. The van der Waals surface area contributed by atoms with Gasteiger partial charge in [-0.1, -0.05) is 24.8 Å². The molecule has 0 saturated heterocycles. The summed E-state index contributed by atoms with van der Waals surface area (Å²) in [7, 11) is 0. The first-order valence-electron chi connectivity index (χ1n) is 7.03. The molecule has 22 heavy (non-hydrogen) atoms. The van der Waals surface area contributed by atoms with Gasteiger partial charge in [0.1, 0.15) is 0 Å². The molecule has 0 atom stereocenters. The van der Waals surface area contributed by atoms with E-state index in [0.29, 0.717) is 0 Å². The smallest absolute Gasteiger partial charge is 0.0288 e. The first-order valence-corrected chi connectivity index (χ1v) is 7.03. The molecule has 0 unspecified atom stereocenters. The van der Waals surface area contributed by atoms with Crippen LogP contribution in [0.1, 0.15) is 11.1 Å². The molecule has 1 heterocycles. The van der Waals surface area contributed by atoms with Gasteiger partial charge in [-0.05, 0) is 24.1 Å². The van der Waals surface area contributed by atoms with Crippen molar-refractivity contribution in [2.45, 2.75) is 12.8 Å². The number of rotatable bonds is 5. The number of pyridine rings is 1. The Morgan fingerprint density at radius 3 is 2.50 bits per heavy atom. The van der Waals surface area contributed by atoms with Gasteiger partial charge in [0.2, 0.25) is 0 Å². The average Bonchev–Trinajstić information content (AvgIpc) is 2.55. The molecule has 0 fully saturated rings. The number of aryl methyl sites for hydroxylation is 2. The molecule has 0 aliphatic heterocycles. The number of nitrogens with zero attached hydrogens (tertiary/aromatic N) is 1. The van der Waals surface area contributed by atoms with Crippen molar-refractivity contribution >= 4 is 11.5 Å². The largest absolute Gasteiger partial charge is 0.393 e. The molecular formula is C19H16N2Y-2. The Kier molecular flexibility index (Phi) is 6.76. The Bertz CT molecular complexity index is 684. The minimum Gasteiger partial charge on any atom is -0.393 e. The van der Waals surface area contributed by atoms with Gasteiger partial charge in [-0.3, -0.25) is 0 Å². The molecule has 107 valence electrons. The summed E-state index contributed by atoms with van der Waals surface area (Å²) in [5, 5.41) is 3.29. The van der Waals surface area contributed by atoms with E-state index in [1.165, 1.54) is 11.1 Å². The molecule has 0 aliphatic carbocycles. The molecule has 2 nitrogen and oxygen atoms in total. The van der Waals surface area contributed by atoms with Gasteiger partial charge < -0.3 is 10.3 Å². The maximum absolute atomic E-state index is 4.25. The van der Waals surface area contributed by atoms with Gasteiger partial charge in [0.15, 0.2) is 0 Å². The molecule has 0 bridgehead atoms. The molecular weight excluding hydrogens is 345 g/mol. The van der Waals surface area contributed by atoms with Crippen molar-refractivity contribution in [3.8, 4) is 0 Å². The molecule has 3 heteroatoms. The van der Waals surface area contributed by atoms with Crippen LogP contribution >= 0.6 is 0 Å². The summed E-state index contributed by atoms with van der Waals surface area (Å²) in [6.45, 7) is 0. The van der Waals surface area contributed by atoms with E-state index in [1.54, 1.807) is 12.3 Å². The van der Waals surface area contributed by atoms with Gasteiger partial charge in [0.05, 0.1) is 0 Å². The molecule has 0 amide bonds. The predicted molar refractivity (Wildman–Crippen MR) is 85.5 cm³/mol. The van der Waals surface area contributed by atoms with Crippen molar-refractivity contribution < 1.29 is 32.7 Å². The zero-order valence-electron chi connectivity index (χ0n) is 12.3. The zero-order valence-corrected chi connectivity index (χ0v) is 15.1. The van der Waals surface area contributed by atoms with Crippen LogP contribution in [0, 0.1) is 12.1 Å². The molecule has 0 aliphatic rings. The zero-order chi connectivity index (χ0) is 14.3. The topological polar surface area (TPSA) is 24.9 Å². The number of anilines is 2. The average molecular weight is 361 g/mol. The fourth-order valence-corrected chi connectivity index (χ4v) is 2.22. The first kappa shape index (κ1) is 16.9. The predicted octanol–water partition coefficient (Wildman–Crippen LogP) is 4.21. The summed E-state index contributed by atoms with van der Waals surface area (Å²) in [6, 6.07) is 26.4. The molecule has 1 radical (unpaired) electrons. The summed E-state index contributed by atoms with van der Waals surface area (Å²) in [5.41, 5.74) is 3.68. The van der Waals surface area contributed by atoms with Crippen LogP contribution in [0.2, 0.25) is 0 Å². The molecule has 1 N–H and O–H groups in total. The van der Waals surface area contributed by atoms with Gasteiger partial charge in [-0.2, -0.15) is 48.0 Å². The first-order chi connectivity index (χ1) is 10.4. The number of benzene rings is 2. The van der Waals surface area contributed by atoms with Crippen LogP contribution in [0.5, 0.6) is 0 Å². The number of nitrogens with one attached hydrogen (secondary N) is 1. The quantitative estimate of drug-likeness (QED) is 0.689. The molecule has 1 aromatic heterocycles. The second-order valence-corrected chi connectivity index (χ2v) is 4.88. The van der Waals surface area contributed by atoms with Crippen molar-refractivity contribution in [3.63, 3.8) is 0 Å². The molecule has 3 aromatic rings. The van der Waals surface area contributed by atoms with E-state index in [1.807, 2.05) is 24.3 Å². The van der Waals surface area contributed by atoms with E-state index in [2.05, 4.69) is 52.8 Å². The van der Waals surface area contributed by atoms with Crippen molar-refractivity contribution in [2.75, 3.05) is 5.32 Å². The number of aromatic nitrogens is 1. The van der Waals surface area contributed by atoms with Gasteiger partial charge >= 0.3 is 0 Å². The summed E-state index contributed by atoms with van der Waals surface area (Å²) in [5.74, 6) is 0.812. The van der Waals surface area contributed by atoms with Crippen LogP contribution in [0.4, 0.5) is 11.5 Å². The van der Waals surface area contributed by atoms with Crippen molar-refractivity contribution in [2.24, 2.45) is 0 Å². The fraction of sp³-hybridized carbons (Fsp3) is 0.105. The van der Waals surface area contributed by atoms with E-state index in [0.717, 1.165) is 24.3 Å². The Morgan fingerprint density at radius 1 is 0.909 bits per heavy atom. The van der Waals surface area contributed by atoms with E-state index >= 15 is 0 Å². The van der Waals surface area contributed by atoms with Crippen molar-refractivity contribution in [3.05, 3.63) is 90.1 Å². The summed E-state index contributed by atoms with van der Waals surface area (Å²) in [6.07, 6.45) is 3.78. The summed E-state index contributed by atoms with van der Waals surface area (Å²) < 4.78 is 0. The molecule has 0 saturated carbocycles. The van der Waals surface area contributed by atoms with Crippen molar-refractivity contribution in [1.29, 1.82) is 0 Å². The van der Waals surface area contributed by atoms with Crippen LogP contribution in [-0.2, 0) is 45.6 Å². The number of hydrogen-bond acceptors (Lipinski definition) is 2. The Balaban J connectivity index is 0.00000176. The van der Waals surface area contributed by atoms with Crippen LogP contribution in [-0.4, -0.2) is 4.98 Å². The Hall–Kier alpha value is -1.51. The summed E-state index contributed by atoms with van der Waals surface area (Å²) >= 11 is 0. The van der Waals surface area contributed by atoms with Gasteiger partial charge in [0.25, 0.3) is 0 Å². The van der Waals surface area contributed by atoms with E-state index in [4.69, 9.17) is 0 Å². The van der Waals surface area contributed by atoms with Gasteiger partial charge in [-0.15, -0.1) is 6.07 Å². The Labute approximate surface area is 156 Å².